The lowest BCUT2D eigenvalue weighted by Gasteiger charge is -2.23. The number of carboxylic acid groups (broad SMARTS) is 1. The monoisotopic (exact) mass is 593 g/mol. The molecule has 0 saturated carbocycles. The number of rotatable bonds is 9. The molecule has 11 heteroatoms. The maximum Gasteiger partial charge on any atom is 0.335 e. The lowest BCUT2D eigenvalue weighted by molar-refractivity contribution is -0.118. The summed E-state index contributed by atoms with van der Waals surface area (Å²) in [5, 5.41) is 13.6. The molecule has 43 heavy (non-hydrogen) atoms. The summed E-state index contributed by atoms with van der Waals surface area (Å²) in [5.74, 6) is -3.47. The molecular weight excluding hydrogens is 563 g/mol. The first-order valence-corrected chi connectivity index (χ1v) is 13.8. The number of anilines is 1. The Bertz CT molecular complexity index is 1660. The number of hydrogen-bond donors (Lipinski definition) is 1. The zero-order valence-corrected chi connectivity index (χ0v) is 23.7. The molecule has 0 atom stereocenters. The van der Waals surface area contributed by atoms with Gasteiger partial charge in [0, 0.05) is 35.9 Å². The highest BCUT2D eigenvalue weighted by molar-refractivity contribution is 5.97. The summed E-state index contributed by atoms with van der Waals surface area (Å²) in [6, 6.07) is 10.3. The number of ether oxygens (including phenoxy) is 2. The largest absolute Gasteiger partial charge is 0.491 e. The van der Waals surface area contributed by atoms with Gasteiger partial charge in [0.15, 0.2) is 23.1 Å². The standard InChI is InChI=1S/C32H30F3N3O5/c1-19-9-10-25(33)31(29(19)35)43-12-4-8-28(39)38-11-5-13-42-30-23(6-3-7-27(30)38)22-16-36-37(17-22)18-24-20(2)14-21(32(40)41)15-26(24)34/h3,6-7,9-10,14-17H,4-5,8,11-13,18H2,1-2H3,(H,40,41). The summed E-state index contributed by atoms with van der Waals surface area (Å²) < 4.78 is 55.9. The number of aromatic carboxylic acids is 1. The predicted octanol–water partition coefficient (Wildman–Crippen LogP) is 6.31. The van der Waals surface area contributed by atoms with E-state index in [1.165, 1.54) is 19.1 Å². The fourth-order valence-electron chi connectivity index (χ4n) is 5.04. The topological polar surface area (TPSA) is 93.9 Å². The van der Waals surface area contributed by atoms with E-state index in [4.69, 9.17) is 9.47 Å². The zero-order chi connectivity index (χ0) is 30.7. The summed E-state index contributed by atoms with van der Waals surface area (Å²) in [5.41, 5.74) is 2.97. The number of amides is 1. The van der Waals surface area contributed by atoms with Crippen molar-refractivity contribution >= 4 is 17.6 Å². The highest BCUT2D eigenvalue weighted by Gasteiger charge is 2.25. The van der Waals surface area contributed by atoms with Gasteiger partial charge in [-0.05, 0) is 62.1 Å². The summed E-state index contributed by atoms with van der Waals surface area (Å²) in [6.07, 6.45) is 4.31. The van der Waals surface area contributed by atoms with Crippen molar-refractivity contribution in [3.05, 3.63) is 94.6 Å². The van der Waals surface area contributed by atoms with E-state index in [1.54, 1.807) is 41.0 Å². The molecule has 0 saturated heterocycles. The zero-order valence-electron chi connectivity index (χ0n) is 23.7. The first kappa shape index (κ1) is 29.7. The second-order valence-corrected chi connectivity index (χ2v) is 10.3. The Morgan fingerprint density at radius 2 is 1.88 bits per heavy atom. The molecule has 1 aliphatic rings. The van der Waals surface area contributed by atoms with Gasteiger partial charge < -0.3 is 19.5 Å². The van der Waals surface area contributed by atoms with Crippen LogP contribution < -0.4 is 14.4 Å². The van der Waals surface area contributed by atoms with Crippen molar-refractivity contribution in [2.24, 2.45) is 0 Å². The second-order valence-electron chi connectivity index (χ2n) is 10.3. The van der Waals surface area contributed by atoms with Gasteiger partial charge in [-0.1, -0.05) is 18.2 Å². The quantitative estimate of drug-likeness (QED) is 0.229. The molecule has 1 N–H and O–H groups in total. The maximum absolute atomic E-state index is 14.7. The predicted molar refractivity (Wildman–Crippen MR) is 153 cm³/mol. The van der Waals surface area contributed by atoms with Crippen LogP contribution in [0.4, 0.5) is 18.9 Å². The summed E-state index contributed by atoms with van der Waals surface area (Å²) in [7, 11) is 0. The van der Waals surface area contributed by atoms with Crippen LogP contribution in [0.25, 0.3) is 11.1 Å². The van der Waals surface area contributed by atoms with Crippen LogP contribution in [0.1, 0.15) is 46.3 Å². The Hall–Kier alpha value is -4.80. The highest BCUT2D eigenvalue weighted by atomic mass is 19.1. The number of nitrogens with zero attached hydrogens (tertiary/aromatic N) is 3. The molecule has 0 radical (unpaired) electrons. The molecule has 5 rings (SSSR count). The summed E-state index contributed by atoms with van der Waals surface area (Å²) in [4.78, 5) is 26.2. The Balaban J connectivity index is 1.30. The lowest BCUT2D eigenvalue weighted by Crippen LogP contribution is -2.31. The SMILES string of the molecule is Cc1ccc(F)c(OCCCC(=O)N2CCCOc3c(-c4cnn(Cc5c(C)cc(C(=O)O)cc5F)c4)cccc32)c1F. The van der Waals surface area contributed by atoms with E-state index in [1.807, 2.05) is 6.07 Å². The molecular formula is C32H30F3N3O5. The average molecular weight is 594 g/mol. The maximum atomic E-state index is 14.7. The van der Waals surface area contributed by atoms with Gasteiger partial charge >= 0.3 is 5.97 Å². The molecule has 4 aromatic rings. The minimum Gasteiger partial charge on any atom is -0.491 e. The highest BCUT2D eigenvalue weighted by Crippen LogP contribution is 2.40. The van der Waals surface area contributed by atoms with E-state index in [2.05, 4.69) is 5.10 Å². The number of carboxylic acids is 1. The van der Waals surface area contributed by atoms with E-state index in [-0.39, 0.29) is 43.0 Å². The van der Waals surface area contributed by atoms with Crippen LogP contribution >= 0.6 is 0 Å². The van der Waals surface area contributed by atoms with E-state index in [0.29, 0.717) is 53.3 Å². The third-order valence-corrected chi connectivity index (χ3v) is 7.31. The number of aryl methyl sites for hydroxylation is 2. The van der Waals surface area contributed by atoms with Crippen LogP contribution in [0.15, 0.2) is 54.9 Å². The molecule has 1 aromatic heterocycles. The van der Waals surface area contributed by atoms with Gasteiger partial charge in [0.2, 0.25) is 5.91 Å². The van der Waals surface area contributed by atoms with E-state index in [0.717, 1.165) is 12.1 Å². The van der Waals surface area contributed by atoms with Gasteiger partial charge in [0.1, 0.15) is 5.82 Å². The van der Waals surface area contributed by atoms with Crippen molar-refractivity contribution < 1.29 is 37.3 Å². The molecule has 0 fully saturated rings. The third-order valence-electron chi connectivity index (χ3n) is 7.31. The van der Waals surface area contributed by atoms with Gasteiger partial charge in [-0.15, -0.1) is 0 Å². The number of halogens is 3. The van der Waals surface area contributed by atoms with Crippen molar-refractivity contribution in [2.75, 3.05) is 24.7 Å². The Labute approximate surface area is 246 Å². The van der Waals surface area contributed by atoms with E-state index >= 15 is 0 Å². The van der Waals surface area contributed by atoms with Crippen LogP contribution in [0.2, 0.25) is 0 Å². The Kier molecular flexibility index (Phi) is 8.70. The molecule has 0 spiro atoms. The molecule has 8 nitrogen and oxygen atoms in total. The molecule has 1 amide bonds. The van der Waals surface area contributed by atoms with Crippen LogP contribution in [-0.2, 0) is 11.3 Å². The van der Waals surface area contributed by atoms with Crippen LogP contribution in [0.5, 0.6) is 11.5 Å². The lowest BCUT2D eigenvalue weighted by atomic mass is 10.0. The van der Waals surface area contributed by atoms with Gasteiger partial charge in [0.05, 0.1) is 37.2 Å². The number of carbonyl (C=O) groups excluding carboxylic acids is 1. The van der Waals surface area contributed by atoms with Crippen molar-refractivity contribution in [1.82, 2.24) is 9.78 Å². The van der Waals surface area contributed by atoms with Crippen molar-refractivity contribution in [2.45, 2.75) is 39.7 Å². The first-order chi connectivity index (χ1) is 20.6. The van der Waals surface area contributed by atoms with E-state index < -0.39 is 29.2 Å². The van der Waals surface area contributed by atoms with Gasteiger partial charge in [0.25, 0.3) is 0 Å². The van der Waals surface area contributed by atoms with Crippen molar-refractivity contribution in [3.63, 3.8) is 0 Å². The number of carbonyl (C=O) groups is 2. The van der Waals surface area contributed by atoms with Crippen LogP contribution in [0, 0.1) is 31.3 Å². The molecule has 224 valence electrons. The van der Waals surface area contributed by atoms with Crippen molar-refractivity contribution in [1.29, 1.82) is 0 Å². The summed E-state index contributed by atoms with van der Waals surface area (Å²) in [6.45, 7) is 4.05. The Morgan fingerprint density at radius 1 is 1.07 bits per heavy atom. The molecule has 0 bridgehead atoms. The number of benzene rings is 3. The fraction of sp³-hybridized carbons (Fsp3) is 0.281. The first-order valence-electron chi connectivity index (χ1n) is 13.8. The van der Waals surface area contributed by atoms with Gasteiger partial charge in [-0.2, -0.15) is 5.10 Å². The number of hydrogen-bond acceptors (Lipinski definition) is 5. The average Bonchev–Trinajstić information content (AvgIpc) is 3.33. The van der Waals surface area contributed by atoms with Crippen LogP contribution in [0.3, 0.4) is 0 Å². The van der Waals surface area contributed by atoms with Gasteiger partial charge in [-0.3, -0.25) is 9.48 Å². The molecule has 1 aliphatic heterocycles. The smallest absolute Gasteiger partial charge is 0.335 e. The van der Waals surface area contributed by atoms with Gasteiger partial charge in [-0.25, -0.2) is 18.0 Å². The fourth-order valence-corrected chi connectivity index (χ4v) is 5.04. The number of para-hydroxylation sites is 1. The molecule has 2 heterocycles. The normalized spacial score (nSPS) is 12.8. The third kappa shape index (κ3) is 6.35. The number of fused-ring (bicyclic) bond motifs is 1. The molecule has 0 aliphatic carbocycles. The molecule has 3 aromatic carbocycles. The minimum atomic E-state index is -1.20. The Morgan fingerprint density at radius 3 is 2.65 bits per heavy atom. The van der Waals surface area contributed by atoms with Crippen molar-refractivity contribution in [3.8, 4) is 22.6 Å². The minimum absolute atomic E-state index is 0.0292. The second kappa shape index (κ2) is 12.6. The van der Waals surface area contributed by atoms with Crippen LogP contribution in [-0.4, -0.2) is 46.5 Å². The molecule has 0 unspecified atom stereocenters. The summed E-state index contributed by atoms with van der Waals surface area (Å²) >= 11 is 0. The number of aromatic nitrogens is 2. The van der Waals surface area contributed by atoms with E-state index in [9.17, 15) is 27.9 Å².